The van der Waals surface area contributed by atoms with E-state index in [1.807, 2.05) is 0 Å². The minimum absolute atomic E-state index is 0.0594. The van der Waals surface area contributed by atoms with Gasteiger partial charge in [0, 0.05) is 4.47 Å². The van der Waals surface area contributed by atoms with Crippen LogP contribution < -0.4 is 15.8 Å². The van der Waals surface area contributed by atoms with Gasteiger partial charge in [-0.15, -0.1) is 0 Å². The van der Waals surface area contributed by atoms with Crippen LogP contribution in [0.25, 0.3) is 0 Å². The third-order valence-electron chi connectivity index (χ3n) is 2.75. The van der Waals surface area contributed by atoms with Crippen molar-refractivity contribution in [2.45, 2.75) is 0 Å². The molecule has 0 amide bonds. The Balaban J connectivity index is 2.49. The van der Waals surface area contributed by atoms with Crippen molar-refractivity contribution < 1.29 is 17.9 Å². The summed E-state index contributed by atoms with van der Waals surface area (Å²) < 4.78 is 47.0. The van der Waals surface area contributed by atoms with Gasteiger partial charge in [-0.2, -0.15) is 0 Å². The van der Waals surface area contributed by atoms with Crippen molar-refractivity contribution in [2.24, 2.45) is 0 Å². The molecule has 3 N–H and O–H groups in total. The summed E-state index contributed by atoms with van der Waals surface area (Å²) in [6.07, 6.45) is 1.47. The van der Waals surface area contributed by atoms with Crippen LogP contribution in [-0.4, -0.2) is 6.61 Å². The molecule has 0 aliphatic rings. The summed E-state index contributed by atoms with van der Waals surface area (Å²) in [6.45, 7) is 3.61. The summed E-state index contributed by atoms with van der Waals surface area (Å²) in [5.74, 6) is -2.90. The predicted octanol–water partition coefficient (Wildman–Crippen LogP) is 4.76. The first-order valence-electron chi connectivity index (χ1n) is 6.17. The molecule has 7 heteroatoms. The molecule has 3 nitrogen and oxygen atoms in total. The Kier molecular flexibility index (Phi) is 4.97. The SMILES string of the molecule is C=CCOc1cc(Br)cc(F)c1Nc1c(N)ccc(F)c1F. The number of halogens is 4. The first-order chi connectivity index (χ1) is 10.4. The van der Waals surface area contributed by atoms with Gasteiger partial charge in [-0.25, -0.2) is 13.2 Å². The van der Waals surface area contributed by atoms with E-state index >= 15 is 0 Å². The van der Waals surface area contributed by atoms with Gasteiger partial charge in [0.05, 0.1) is 5.69 Å². The second-order valence-corrected chi connectivity index (χ2v) is 5.23. The van der Waals surface area contributed by atoms with Crippen molar-refractivity contribution in [3.05, 3.63) is 58.8 Å². The maximum atomic E-state index is 14.1. The van der Waals surface area contributed by atoms with E-state index in [2.05, 4.69) is 27.8 Å². The average Bonchev–Trinajstić information content (AvgIpc) is 2.47. The maximum Gasteiger partial charge on any atom is 0.184 e. The monoisotopic (exact) mass is 372 g/mol. The quantitative estimate of drug-likeness (QED) is 0.587. The summed E-state index contributed by atoms with van der Waals surface area (Å²) in [5.41, 5.74) is 5.04. The molecule has 0 aliphatic heterocycles. The molecule has 0 saturated carbocycles. The Morgan fingerprint density at radius 1 is 1.18 bits per heavy atom. The molecule has 0 aliphatic carbocycles. The first kappa shape index (κ1) is 16.2. The molecule has 2 aromatic rings. The highest BCUT2D eigenvalue weighted by Gasteiger charge is 2.17. The summed E-state index contributed by atoms with van der Waals surface area (Å²) in [4.78, 5) is 0. The topological polar surface area (TPSA) is 47.3 Å². The average molecular weight is 373 g/mol. The first-order valence-corrected chi connectivity index (χ1v) is 6.96. The third kappa shape index (κ3) is 3.36. The molecule has 0 fully saturated rings. The van der Waals surface area contributed by atoms with E-state index in [-0.39, 0.29) is 29.4 Å². The number of ether oxygens (including phenoxy) is 1. The third-order valence-corrected chi connectivity index (χ3v) is 3.21. The van der Waals surface area contributed by atoms with Gasteiger partial charge in [0.25, 0.3) is 0 Å². The second kappa shape index (κ2) is 6.74. The van der Waals surface area contributed by atoms with Crippen LogP contribution in [0.15, 0.2) is 41.4 Å². The fourth-order valence-corrected chi connectivity index (χ4v) is 2.16. The Morgan fingerprint density at radius 3 is 2.59 bits per heavy atom. The molecule has 2 rings (SSSR count). The van der Waals surface area contributed by atoms with Crippen LogP contribution in [0.5, 0.6) is 5.75 Å². The van der Waals surface area contributed by atoms with Crippen molar-refractivity contribution in [1.29, 1.82) is 0 Å². The number of hydrogen-bond donors (Lipinski definition) is 2. The van der Waals surface area contributed by atoms with E-state index < -0.39 is 17.5 Å². The highest BCUT2D eigenvalue weighted by atomic mass is 79.9. The van der Waals surface area contributed by atoms with E-state index in [0.717, 1.165) is 12.1 Å². The van der Waals surface area contributed by atoms with Gasteiger partial charge in [-0.3, -0.25) is 0 Å². The molecule has 0 aromatic heterocycles. The van der Waals surface area contributed by atoms with Gasteiger partial charge in [-0.05, 0) is 24.3 Å². The number of hydrogen-bond acceptors (Lipinski definition) is 3. The smallest absolute Gasteiger partial charge is 0.184 e. The summed E-state index contributed by atoms with van der Waals surface area (Å²) >= 11 is 3.13. The number of benzene rings is 2. The van der Waals surface area contributed by atoms with E-state index in [1.54, 1.807) is 0 Å². The van der Waals surface area contributed by atoms with Crippen LogP contribution in [0, 0.1) is 17.5 Å². The molecular formula is C15H12BrF3N2O. The molecule has 2 aromatic carbocycles. The Bertz CT molecular complexity index is 722. The number of nitrogens with two attached hydrogens (primary N) is 1. The number of nitrogen functional groups attached to an aromatic ring is 1. The molecule has 116 valence electrons. The highest BCUT2D eigenvalue weighted by Crippen LogP contribution is 2.36. The molecule has 0 spiro atoms. The second-order valence-electron chi connectivity index (χ2n) is 4.31. The number of nitrogens with one attached hydrogen (secondary N) is 1. The summed E-state index contributed by atoms with van der Waals surface area (Å²) in [7, 11) is 0. The zero-order valence-corrected chi connectivity index (χ0v) is 12.9. The van der Waals surface area contributed by atoms with Crippen LogP contribution in [0.1, 0.15) is 0 Å². The molecule has 0 radical (unpaired) electrons. The Hall–Kier alpha value is -2.15. The fourth-order valence-electron chi connectivity index (χ4n) is 1.75. The molecular weight excluding hydrogens is 361 g/mol. The lowest BCUT2D eigenvalue weighted by Crippen LogP contribution is -2.05. The lowest BCUT2D eigenvalue weighted by atomic mass is 10.2. The van der Waals surface area contributed by atoms with Crippen LogP contribution in [-0.2, 0) is 0 Å². The maximum absolute atomic E-state index is 14.1. The van der Waals surface area contributed by atoms with Crippen LogP contribution in [0.2, 0.25) is 0 Å². The van der Waals surface area contributed by atoms with Gasteiger partial charge in [-0.1, -0.05) is 28.6 Å². The summed E-state index contributed by atoms with van der Waals surface area (Å²) in [6, 6.07) is 4.73. The van der Waals surface area contributed by atoms with Crippen molar-refractivity contribution in [2.75, 3.05) is 17.7 Å². The van der Waals surface area contributed by atoms with Crippen LogP contribution in [0.3, 0.4) is 0 Å². The van der Waals surface area contributed by atoms with Crippen molar-refractivity contribution in [3.8, 4) is 5.75 Å². The van der Waals surface area contributed by atoms with E-state index in [4.69, 9.17) is 10.5 Å². The van der Waals surface area contributed by atoms with E-state index in [1.165, 1.54) is 18.2 Å². The zero-order chi connectivity index (χ0) is 16.3. The minimum atomic E-state index is -1.20. The van der Waals surface area contributed by atoms with Gasteiger partial charge in [0.1, 0.15) is 23.7 Å². The van der Waals surface area contributed by atoms with Crippen LogP contribution >= 0.6 is 15.9 Å². The fraction of sp³-hybridized carbons (Fsp3) is 0.0667. The van der Waals surface area contributed by atoms with Gasteiger partial charge < -0.3 is 15.8 Å². The molecule has 0 heterocycles. The lowest BCUT2D eigenvalue weighted by molar-refractivity contribution is 0.363. The molecule has 0 bridgehead atoms. The zero-order valence-electron chi connectivity index (χ0n) is 11.3. The number of rotatable bonds is 5. The minimum Gasteiger partial charge on any atom is -0.487 e. The summed E-state index contributed by atoms with van der Waals surface area (Å²) in [5, 5.41) is 2.46. The lowest BCUT2D eigenvalue weighted by Gasteiger charge is -2.16. The highest BCUT2D eigenvalue weighted by molar-refractivity contribution is 9.10. The molecule has 0 unspecified atom stereocenters. The van der Waals surface area contributed by atoms with Crippen LogP contribution in [0.4, 0.5) is 30.2 Å². The largest absolute Gasteiger partial charge is 0.487 e. The molecule has 0 saturated heterocycles. The Morgan fingerprint density at radius 2 is 1.91 bits per heavy atom. The molecule has 22 heavy (non-hydrogen) atoms. The standard InChI is InChI=1S/C15H12BrF3N2O/c1-2-5-22-12-7-8(16)6-10(18)14(12)21-15-11(20)4-3-9(17)13(15)19/h2-4,6-7,21H,1,5,20H2. The van der Waals surface area contributed by atoms with Gasteiger partial charge in [0.2, 0.25) is 0 Å². The predicted molar refractivity (Wildman–Crippen MR) is 83.8 cm³/mol. The Labute approximate surface area is 133 Å². The van der Waals surface area contributed by atoms with E-state index in [0.29, 0.717) is 4.47 Å². The van der Waals surface area contributed by atoms with Crippen molar-refractivity contribution >= 4 is 33.0 Å². The van der Waals surface area contributed by atoms with Gasteiger partial charge >= 0.3 is 0 Å². The van der Waals surface area contributed by atoms with Crippen molar-refractivity contribution in [1.82, 2.24) is 0 Å². The molecule has 0 atom stereocenters. The van der Waals surface area contributed by atoms with Crippen molar-refractivity contribution in [3.63, 3.8) is 0 Å². The number of anilines is 3. The van der Waals surface area contributed by atoms with E-state index in [9.17, 15) is 13.2 Å². The van der Waals surface area contributed by atoms with Gasteiger partial charge in [0.15, 0.2) is 17.5 Å². The normalized spacial score (nSPS) is 10.4.